The Kier molecular flexibility index (Phi) is 4.74. The summed E-state index contributed by atoms with van der Waals surface area (Å²) in [5, 5.41) is 8.98. The van der Waals surface area contributed by atoms with Gasteiger partial charge in [-0.1, -0.05) is 18.7 Å². The van der Waals surface area contributed by atoms with Crippen LogP contribution in [-0.4, -0.2) is 32.2 Å². The van der Waals surface area contributed by atoms with Gasteiger partial charge in [0.25, 0.3) is 0 Å². The highest BCUT2D eigenvalue weighted by Gasteiger charge is 2.27. The molecule has 1 aliphatic heterocycles. The normalized spacial score (nSPS) is 27.8. The maximum atomic E-state index is 10.9. The number of aliphatic carboxylic acids is 1. The number of allylic oxidation sites excluding steroid dienone is 1. The Morgan fingerprint density at radius 3 is 2.50 bits per heavy atom. The molecule has 1 N–H and O–H groups in total. The van der Waals surface area contributed by atoms with E-state index >= 15 is 0 Å². The summed E-state index contributed by atoms with van der Waals surface area (Å²) in [6, 6.07) is 0. The van der Waals surface area contributed by atoms with E-state index in [1.165, 1.54) is 0 Å². The summed E-state index contributed by atoms with van der Waals surface area (Å²) in [4.78, 5) is 10.9. The van der Waals surface area contributed by atoms with Gasteiger partial charge in [-0.15, -0.1) is 0 Å². The Balaban J connectivity index is 2.74. The molecule has 1 saturated heterocycles. The highest BCUT2D eigenvalue weighted by atomic mass is 28.3. The number of rotatable bonds is 3. The van der Waals surface area contributed by atoms with Gasteiger partial charge in [-0.3, -0.25) is 0 Å². The van der Waals surface area contributed by atoms with E-state index in [4.69, 9.17) is 9.84 Å². The van der Waals surface area contributed by atoms with E-state index in [9.17, 15) is 4.79 Å². The molecule has 3 nitrogen and oxygen atoms in total. The van der Waals surface area contributed by atoms with Crippen molar-refractivity contribution in [2.45, 2.75) is 45.5 Å². The molecule has 0 amide bonds. The van der Waals surface area contributed by atoms with Gasteiger partial charge in [-0.25, -0.2) is 4.79 Å². The maximum Gasteiger partial charge on any atom is 0.331 e. The number of ether oxygens (including phenoxy) is 1. The smallest absolute Gasteiger partial charge is 0.331 e. The molecule has 16 heavy (non-hydrogen) atoms. The molecule has 2 unspecified atom stereocenters. The molecule has 1 heterocycles. The Bertz CT molecular complexity index is 297. The van der Waals surface area contributed by atoms with Crippen LogP contribution in [0.15, 0.2) is 11.1 Å². The lowest BCUT2D eigenvalue weighted by atomic mass is 9.89. The zero-order valence-electron chi connectivity index (χ0n) is 10.6. The molecule has 0 radical (unpaired) electrons. The molecule has 4 heteroatoms. The van der Waals surface area contributed by atoms with Gasteiger partial charge in [0, 0.05) is 17.9 Å². The predicted molar refractivity (Wildman–Crippen MR) is 67.4 cm³/mol. The van der Waals surface area contributed by atoms with Crippen molar-refractivity contribution in [3.8, 4) is 0 Å². The van der Waals surface area contributed by atoms with E-state index in [2.05, 4.69) is 13.1 Å². The van der Waals surface area contributed by atoms with Crippen LogP contribution in [0.2, 0.25) is 13.1 Å². The summed E-state index contributed by atoms with van der Waals surface area (Å²) in [5.41, 5.74) is 1.96. The van der Waals surface area contributed by atoms with Crippen molar-refractivity contribution in [3.63, 3.8) is 0 Å². The first-order chi connectivity index (χ1) is 7.43. The first-order valence-corrected chi connectivity index (χ1v) is 8.93. The zero-order chi connectivity index (χ0) is 12.3. The monoisotopic (exact) mass is 242 g/mol. The van der Waals surface area contributed by atoms with Crippen LogP contribution in [0.5, 0.6) is 0 Å². The molecule has 2 atom stereocenters. The van der Waals surface area contributed by atoms with E-state index in [-0.39, 0.29) is 0 Å². The van der Waals surface area contributed by atoms with E-state index in [1.54, 1.807) is 6.92 Å². The standard InChI is InChI=1S/C12H22O3Si/c1-8(9(2)12(13)14)10-5-6-15-11(7-10)16(3)4/h10-11,16H,5-7H2,1-4H3,(H,13,14). The molecule has 1 fully saturated rings. The van der Waals surface area contributed by atoms with Crippen molar-refractivity contribution in [2.24, 2.45) is 5.92 Å². The molecule has 0 aromatic carbocycles. The summed E-state index contributed by atoms with van der Waals surface area (Å²) in [6.07, 6.45) is 1.98. The average molecular weight is 242 g/mol. The van der Waals surface area contributed by atoms with Gasteiger partial charge >= 0.3 is 5.97 Å². The topological polar surface area (TPSA) is 46.5 Å². The number of hydrogen-bond donors (Lipinski definition) is 1. The summed E-state index contributed by atoms with van der Waals surface area (Å²) < 4.78 is 5.75. The molecule has 92 valence electrons. The van der Waals surface area contributed by atoms with Crippen LogP contribution in [0.3, 0.4) is 0 Å². The van der Waals surface area contributed by atoms with Gasteiger partial charge in [0.1, 0.15) is 0 Å². The van der Waals surface area contributed by atoms with Gasteiger partial charge < -0.3 is 9.84 Å². The van der Waals surface area contributed by atoms with Crippen LogP contribution >= 0.6 is 0 Å². The third-order valence-corrected chi connectivity index (χ3v) is 5.54. The fraction of sp³-hybridized carbons (Fsp3) is 0.750. The van der Waals surface area contributed by atoms with E-state index in [0.717, 1.165) is 25.0 Å². The first kappa shape index (κ1) is 13.5. The lowest BCUT2D eigenvalue weighted by Crippen LogP contribution is -2.35. The second-order valence-electron chi connectivity index (χ2n) is 4.99. The largest absolute Gasteiger partial charge is 0.478 e. The summed E-state index contributed by atoms with van der Waals surface area (Å²) in [5.74, 6) is -0.382. The third-order valence-electron chi connectivity index (χ3n) is 3.58. The minimum absolute atomic E-state index is 0.407. The first-order valence-electron chi connectivity index (χ1n) is 5.95. The van der Waals surface area contributed by atoms with Crippen LogP contribution in [0, 0.1) is 5.92 Å². The fourth-order valence-corrected chi connectivity index (χ4v) is 3.55. The molecular formula is C12H22O3Si. The molecule has 0 aromatic rings. The molecule has 0 aliphatic carbocycles. The number of carboxylic acid groups (broad SMARTS) is 1. The Hall–Kier alpha value is -0.613. The molecule has 0 saturated carbocycles. The van der Waals surface area contributed by atoms with Crippen LogP contribution < -0.4 is 0 Å². The number of carbonyl (C=O) groups is 1. The lowest BCUT2D eigenvalue weighted by molar-refractivity contribution is -0.132. The van der Waals surface area contributed by atoms with Gasteiger partial charge in [0.2, 0.25) is 0 Å². The zero-order valence-corrected chi connectivity index (χ0v) is 11.8. The minimum atomic E-state index is -0.790. The average Bonchev–Trinajstić information content (AvgIpc) is 2.27. The molecule has 1 rings (SSSR count). The highest BCUT2D eigenvalue weighted by molar-refractivity contribution is 6.57. The summed E-state index contributed by atoms with van der Waals surface area (Å²) in [7, 11) is -0.780. The number of carboxylic acids is 1. The van der Waals surface area contributed by atoms with Gasteiger partial charge in [-0.2, -0.15) is 0 Å². The quantitative estimate of drug-likeness (QED) is 0.610. The van der Waals surface area contributed by atoms with Crippen molar-refractivity contribution in [3.05, 3.63) is 11.1 Å². The molecule has 0 bridgehead atoms. The number of hydrogen-bond acceptors (Lipinski definition) is 2. The van der Waals surface area contributed by atoms with Crippen molar-refractivity contribution >= 4 is 14.8 Å². The predicted octanol–water partition coefficient (Wildman–Crippen LogP) is 2.23. The van der Waals surface area contributed by atoms with Crippen LogP contribution in [0.1, 0.15) is 26.7 Å². The third kappa shape index (κ3) is 3.19. The maximum absolute atomic E-state index is 10.9. The summed E-state index contributed by atoms with van der Waals surface area (Å²) >= 11 is 0. The van der Waals surface area contributed by atoms with Crippen LogP contribution in [-0.2, 0) is 9.53 Å². The van der Waals surface area contributed by atoms with Crippen molar-refractivity contribution in [1.29, 1.82) is 0 Å². The lowest BCUT2D eigenvalue weighted by Gasteiger charge is -2.32. The molecule has 1 aliphatic rings. The Morgan fingerprint density at radius 2 is 2.00 bits per heavy atom. The van der Waals surface area contributed by atoms with Crippen molar-refractivity contribution in [2.75, 3.05) is 6.61 Å². The Labute approximate surface area is 99.1 Å². The SMILES string of the molecule is CC(C(=O)O)=C(C)C1CCOC([SiH](C)C)C1. The van der Waals surface area contributed by atoms with Gasteiger partial charge in [0.15, 0.2) is 0 Å². The van der Waals surface area contributed by atoms with Crippen LogP contribution in [0.25, 0.3) is 0 Å². The Morgan fingerprint density at radius 1 is 1.38 bits per heavy atom. The minimum Gasteiger partial charge on any atom is -0.478 e. The van der Waals surface area contributed by atoms with E-state index in [1.807, 2.05) is 6.92 Å². The van der Waals surface area contributed by atoms with Gasteiger partial charge in [-0.05, 0) is 32.6 Å². The van der Waals surface area contributed by atoms with Crippen molar-refractivity contribution < 1.29 is 14.6 Å². The second kappa shape index (κ2) is 5.64. The van der Waals surface area contributed by atoms with E-state index < -0.39 is 14.8 Å². The van der Waals surface area contributed by atoms with Crippen molar-refractivity contribution in [1.82, 2.24) is 0 Å². The fourth-order valence-electron chi connectivity index (χ4n) is 2.16. The highest BCUT2D eigenvalue weighted by Crippen LogP contribution is 2.29. The van der Waals surface area contributed by atoms with E-state index in [0.29, 0.717) is 17.2 Å². The second-order valence-corrected chi connectivity index (χ2v) is 8.22. The summed E-state index contributed by atoms with van der Waals surface area (Å²) in [6.45, 7) is 9.02. The molecule has 0 aromatic heterocycles. The molecular weight excluding hydrogens is 220 g/mol. The van der Waals surface area contributed by atoms with Crippen LogP contribution in [0.4, 0.5) is 0 Å². The van der Waals surface area contributed by atoms with Gasteiger partial charge in [0.05, 0.1) is 8.80 Å². The molecule has 0 spiro atoms.